The fourth-order valence-electron chi connectivity index (χ4n) is 1.71. The minimum atomic E-state index is -0.450. The first-order valence-corrected chi connectivity index (χ1v) is 6.82. The SMILES string of the molecule is CC(=O)NCC(=O)NCC(=O)Nc1cccnc1-n1cccn1. The maximum Gasteiger partial charge on any atom is 0.243 e. The largest absolute Gasteiger partial charge is 0.347 e. The second-order valence-corrected chi connectivity index (χ2v) is 4.56. The van der Waals surface area contributed by atoms with Crippen molar-refractivity contribution >= 4 is 23.4 Å². The highest BCUT2D eigenvalue weighted by Crippen LogP contribution is 2.15. The number of carbonyl (C=O) groups is 3. The van der Waals surface area contributed by atoms with E-state index in [0.717, 1.165) is 0 Å². The van der Waals surface area contributed by atoms with Crippen LogP contribution in [0.25, 0.3) is 5.82 Å². The Balaban J connectivity index is 1.91. The lowest BCUT2D eigenvalue weighted by Crippen LogP contribution is -2.39. The van der Waals surface area contributed by atoms with Crippen molar-refractivity contribution in [2.24, 2.45) is 0 Å². The molecule has 0 fully saturated rings. The van der Waals surface area contributed by atoms with Crippen molar-refractivity contribution in [3.05, 3.63) is 36.8 Å². The van der Waals surface area contributed by atoms with Crippen LogP contribution in [0, 0.1) is 0 Å². The number of nitrogens with zero attached hydrogens (tertiary/aromatic N) is 3. The highest BCUT2D eigenvalue weighted by Gasteiger charge is 2.10. The molecule has 2 aromatic heterocycles. The van der Waals surface area contributed by atoms with Gasteiger partial charge in [0.1, 0.15) is 0 Å². The van der Waals surface area contributed by atoms with Gasteiger partial charge in [0.05, 0.1) is 18.8 Å². The van der Waals surface area contributed by atoms with Gasteiger partial charge in [-0.25, -0.2) is 9.67 Å². The number of nitrogens with one attached hydrogen (secondary N) is 3. The van der Waals surface area contributed by atoms with Crippen molar-refractivity contribution in [1.29, 1.82) is 0 Å². The van der Waals surface area contributed by atoms with Gasteiger partial charge in [0, 0.05) is 25.5 Å². The molecule has 0 radical (unpaired) electrons. The van der Waals surface area contributed by atoms with E-state index in [0.29, 0.717) is 11.5 Å². The lowest BCUT2D eigenvalue weighted by molar-refractivity contribution is -0.126. The van der Waals surface area contributed by atoms with Crippen molar-refractivity contribution in [1.82, 2.24) is 25.4 Å². The van der Waals surface area contributed by atoms with E-state index in [4.69, 9.17) is 0 Å². The molecule has 0 aliphatic carbocycles. The van der Waals surface area contributed by atoms with Crippen LogP contribution in [0.5, 0.6) is 0 Å². The molecular formula is C14H16N6O3. The first-order valence-electron chi connectivity index (χ1n) is 6.82. The summed E-state index contributed by atoms with van der Waals surface area (Å²) in [5, 5.41) is 11.5. The fraction of sp³-hybridized carbons (Fsp3) is 0.214. The van der Waals surface area contributed by atoms with E-state index < -0.39 is 11.8 Å². The number of anilines is 1. The molecule has 0 saturated heterocycles. The van der Waals surface area contributed by atoms with Gasteiger partial charge in [-0.2, -0.15) is 5.10 Å². The van der Waals surface area contributed by atoms with Gasteiger partial charge in [-0.1, -0.05) is 0 Å². The number of aromatic nitrogens is 3. The van der Waals surface area contributed by atoms with Gasteiger partial charge in [-0.3, -0.25) is 14.4 Å². The Labute approximate surface area is 132 Å². The van der Waals surface area contributed by atoms with E-state index in [1.54, 1.807) is 36.8 Å². The molecule has 2 rings (SSSR count). The molecule has 0 bridgehead atoms. The molecule has 23 heavy (non-hydrogen) atoms. The van der Waals surface area contributed by atoms with Crippen molar-refractivity contribution < 1.29 is 14.4 Å². The molecule has 2 aromatic rings. The average molecular weight is 316 g/mol. The van der Waals surface area contributed by atoms with Crippen LogP contribution in [-0.2, 0) is 14.4 Å². The van der Waals surface area contributed by atoms with Gasteiger partial charge in [-0.15, -0.1) is 0 Å². The van der Waals surface area contributed by atoms with E-state index in [1.807, 2.05) is 0 Å². The first-order chi connectivity index (χ1) is 11.1. The number of carbonyl (C=O) groups excluding carboxylic acids is 3. The molecule has 0 saturated carbocycles. The summed E-state index contributed by atoms with van der Waals surface area (Å²) in [5.74, 6) is -0.712. The zero-order valence-corrected chi connectivity index (χ0v) is 12.4. The zero-order chi connectivity index (χ0) is 16.7. The highest BCUT2D eigenvalue weighted by molar-refractivity contribution is 5.96. The molecule has 0 aliphatic rings. The third-order valence-electron chi connectivity index (χ3n) is 2.73. The molecule has 9 heteroatoms. The number of hydrogen-bond donors (Lipinski definition) is 3. The number of hydrogen-bond acceptors (Lipinski definition) is 5. The van der Waals surface area contributed by atoms with E-state index in [2.05, 4.69) is 26.0 Å². The van der Waals surface area contributed by atoms with Crippen LogP contribution < -0.4 is 16.0 Å². The number of pyridine rings is 1. The Morgan fingerprint density at radius 3 is 2.57 bits per heavy atom. The molecule has 0 aromatic carbocycles. The molecule has 9 nitrogen and oxygen atoms in total. The predicted octanol–water partition coefficient (Wildman–Crippen LogP) is -0.542. The Morgan fingerprint density at radius 1 is 1.09 bits per heavy atom. The van der Waals surface area contributed by atoms with Crippen LogP contribution in [0.1, 0.15) is 6.92 Å². The van der Waals surface area contributed by atoms with Crippen LogP contribution in [0.4, 0.5) is 5.69 Å². The molecule has 120 valence electrons. The van der Waals surface area contributed by atoms with Crippen LogP contribution >= 0.6 is 0 Å². The smallest absolute Gasteiger partial charge is 0.243 e. The summed E-state index contributed by atoms with van der Waals surface area (Å²) in [5.41, 5.74) is 0.470. The quantitative estimate of drug-likeness (QED) is 0.661. The van der Waals surface area contributed by atoms with Gasteiger partial charge < -0.3 is 16.0 Å². The number of amides is 3. The van der Waals surface area contributed by atoms with Crippen LogP contribution in [0.2, 0.25) is 0 Å². The summed E-state index contributed by atoms with van der Waals surface area (Å²) in [4.78, 5) is 38.2. The maximum absolute atomic E-state index is 11.9. The summed E-state index contributed by atoms with van der Waals surface area (Å²) in [6, 6.07) is 5.10. The van der Waals surface area contributed by atoms with Gasteiger partial charge >= 0.3 is 0 Å². The molecule has 2 heterocycles. The van der Waals surface area contributed by atoms with Crippen molar-refractivity contribution in [3.8, 4) is 5.82 Å². The topological polar surface area (TPSA) is 118 Å². The summed E-state index contributed by atoms with van der Waals surface area (Å²) >= 11 is 0. The Morgan fingerprint density at radius 2 is 1.87 bits per heavy atom. The molecule has 0 unspecified atom stereocenters. The second-order valence-electron chi connectivity index (χ2n) is 4.56. The molecule has 0 aliphatic heterocycles. The van der Waals surface area contributed by atoms with E-state index in [1.165, 1.54) is 11.6 Å². The molecule has 0 atom stereocenters. The third-order valence-corrected chi connectivity index (χ3v) is 2.73. The summed E-state index contributed by atoms with van der Waals surface area (Å²) in [6.07, 6.45) is 4.89. The van der Waals surface area contributed by atoms with Gasteiger partial charge in [0.15, 0.2) is 5.82 Å². The first kappa shape index (κ1) is 16.1. The third kappa shape index (κ3) is 4.92. The molecule has 0 spiro atoms. The van der Waals surface area contributed by atoms with Crippen LogP contribution in [-0.4, -0.2) is 45.6 Å². The van der Waals surface area contributed by atoms with E-state index >= 15 is 0 Å². The Bertz CT molecular complexity index is 698. The lowest BCUT2D eigenvalue weighted by atomic mass is 10.3. The maximum atomic E-state index is 11.9. The summed E-state index contributed by atoms with van der Waals surface area (Å²) in [6.45, 7) is 0.916. The predicted molar refractivity (Wildman–Crippen MR) is 81.7 cm³/mol. The highest BCUT2D eigenvalue weighted by atomic mass is 16.2. The molecule has 3 amide bonds. The van der Waals surface area contributed by atoms with E-state index in [9.17, 15) is 14.4 Å². The van der Waals surface area contributed by atoms with Crippen molar-refractivity contribution in [3.63, 3.8) is 0 Å². The Hall–Kier alpha value is -3.23. The van der Waals surface area contributed by atoms with Gasteiger partial charge in [-0.05, 0) is 18.2 Å². The fourth-order valence-corrected chi connectivity index (χ4v) is 1.71. The zero-order valence-electron chi connectivity index (χ0n) is 12.4. The molecule has 3 N–H and O–H groups in total. The van der Waals surface area contributed by atoms with E-state index in [-0.39, 0.29) is 19.0 Å². The summed E-state index contributed by atoms with van der Waals surface area (Å²) < 4.78 is 1.52. The van der Waals surface area contributed by atoms with Crippen molar-refractivity contribution in [2.45, 2.75) is 6.92 Å². The minimum absolute atomic E-state index is 0.173. The van der Waals surface area contributed by atoms with Gasteiger partial charge in [0.2, 0.25) is 17.7 Å². The van der Waals surface area contributed by atoms with Crippen molar-refractivity contribution in [2.75, 3.05) is 18.4 Å². The second kappa shape index (κ2) is 7.69. The summed E-state index contributed by atoms with van der Waals surface area (Å²) in [7, 11) is 0. The minimum Gasteiger partial charge on any atom is -0.347 e. The van der Waals surface area contributed by atoms with Crippen LogP contribution in [0.3, 0.4) is 0 Å². The van der Waals surface area contributed by atoms with Crippen LogP contribution in [0.15, 0.2) is 36.8 Å². The van der Waals surface area contributed by atoms with Gasteiger partial charge in [0.25, 0.3) is 0 Å². The average Bonchev–Trinajstić information content (AvgIpc) is 3.05. The lowest BCUT2D eigenvalue weighted by Gasteiger charge is -2.10. The number of rotatable bonds is 6. The molecular weight excluding hydrogens is 300 g/mol. The Kier molecular flexibility index (Phi) is 5.40. The monoisotopic (exact) mass is 316 g/mol. The standard InChI is InChI=1S/C14H16N6O3/c1-10(21)16-8-12(22)17-9-13(23)19-11-4-2-5-15-14(11)20-7-3-6-18-20/h2-7H,8-9H2,1H3,(H,16,21)(H,17,22)(H,19,23). The normalized spacial score (nSPS) is 9.96.